The predicted octanol–water partition coefficient (Wildman–Crippen LogP) is 4.46. The van der Waals surface area contributed by atoms with E-state index < -0.39 is 0 Å². The maximum absolute atomic E-state index is 2.24. The van der Waals surface area contributed by atoms with Crippen LogP contribution >= 0.6 is 0 Å². The second-order valence-corrected chi connectivity index (χ2v) is 3.93. The zero-order valence-corrected chi connectivity index (χ0v) is 8.93. The molecule has 0 atom stereocenters. The van der Waals surface area contributed by atoms with Crippen molar-refractivity contribution in [3.63, 3.8) is 0 Å². The van der Waals surface area contributed by atoms with Crippen molar-refractivity contribution < 1.29 is 0 Å². The summed E-state index contributed by atoms with van der Waals surface area (Å²) in [6.07, 6.45) is 0. The van der Waals surface area contributed by atoms with Crippen LogP contribution in [0.15, 0.2) is 72.8 Å². The van der Waals surface area contributed by atoms with Gasteiger partial charge in [-0.05, 0) is 34.4 Å². The van der Waals surface area contributed by atoms with E-state index in [1.165, 1.54) is 22.3 Å². The van der Waals surface area contributed by atoms with Gasteiger partial charge in [-0.3, -0.25) is 0 Å². The zero-order valence-electron chi connectivity index (χ0n) is 8.93. The summed E-state index contributed by atoms with van der Waals surface area (Å²) >= 11 is 0. The van der Waals surface area contributed by atoms with Crippen LogP contribution in [0.4, 0.5) is 0 Å². The first-order chi connectivity index (χ1) is 7.93. The van der Waals surface area contributed by atoms with Gasteiger partial charge in [0.15, 0.2) is 0 Å². The van der Waals surface area contributed by atoms with Crippen LogP contribution in [0.5, 0.6) is 0 Å². The number of rotatable bonds is 1. The first-order valence-electron chi connectivity index (χ1n) is 5.48. The van der Waals surface area contributed by atoms with E-state index in [0.717, 1.165) is 0 Å². The third-order valence-corrected chi connectivity index (χ3v) is 2.84. The fourth-order valence-electron chi connectivity index (χ4n) is 2.01. The average Bonchev–Trinajstić information content (AvgIpc) is 2.62. The number of hydrogen-bond donors (Lipinski definition) is 0. The van der Waals surface area contributed by atoms with Gasteiger partial charge in [0.1, 0.15) is 0 Å². The Morgan fingerprint density at radius 2 is 0.812 bits per heavy atom. The van der Waals surface area contributed by atoms with Gasteiger partial charge < -0.3 is 0 Å². The normalized spacial score (nSPS) is 10.5. The molecule has 2 aliphatic carbocycles. The molecule has 76 valence electrons. The van der Waals surface area contributed by atoms with E-state index in [2.05, 4.69) is 66.7 Å². The summed E-state index contributed by atoms with van der Waals surface area (Å²) in [6, 6.07) is 25.5. The molecule has 0 amide bonds. The molecular weight excluding hydrogens is 192 g/mol. The number of benzene rings is 1. The van der Waals surface area contributed by atoms with Crippen molar-refractivity contribution in [2.45, 2.75) is 0 Å². The lowest BCUT2D eigenvalue weighted by Crippen LogP contribution is -1.69. The van der Waals surface area contributed by atoms with Gasteiger partial charge in [0.2, 0.25) is 0 Å². The third-order valence-electron chi connectivity index (χ3n) is 2.84. The van der Waals surface area contributed by atoms with Gasteiger partial charge in [0.25, 0.3) is 0 Å². The molecule has 2 aliphatic rings. The minimum Gasteiger partial charge on any atom is -0.0622 e. The van der Waals surface area contributed by atoms with Gasteiger partial charge in [-0.2, -0.15) is 0 Å². The second-order valence-electron chi connectivity index (χ2n) is 3.93. The molecule has 0 aliphatic heterocycles. The summed E-state index contributed by atoms with van der Waals surface area (Å²) in [5, 5.41) is 0. The Balaban J connectivity index is 2.18. The summed E-state index contributed by atoms with van der Waals surface area (Å²) in [7, 11) is 0. The maximum atomic E-state index is 2.24. The van der Waals surface area contributed by atoms with Crippen molar-refractivity contribution in [1.29, 1.82) is 0 Å². The molecule has 16 heavy (non-hydrogen) atoms. The molecule has 0 saturated heterocycles. The molecule has 0 N–H and O–H groups in total. The van der Waals surface area contributed by atoms with Crippen LogP contribution in [0, 0.1) is 0 Å². The van der Waals surface area contributed by atoms with E-state index in [1.807, 2.05) is 6.07 Å². The highest BCUT2D eigenvalue weighted by molar-refractivity contribution is 5.79. The smallest absolute Gasteiger partial charge is 0.0172 e. The Morgan fingerprint density at radius 1 is 0.375 bits per heavy atom. The highest BCUT2D eigenvalue weighted by atomic mass is 14.1. The Morgan fingerprint density at radius 3 is 1.31 bits per heavy atom. The molecule has 3 rings (SSSR count). The van der Waals surface area contributed by atoms with Crippen LogP contribution in [0.1, 0.15) is 0 Å². The first-order valence-corrected chi connectivity index (χ1v) is 5.48. The quantitative estimate of drug-likeness (QED) is 0.549. The summed E-state index contributed by atoms with van der Waals surface area (Å²) in [5.41, 5.74) is 5.16. The molecule has 0 spiro atoms. The Kier molecular flexibility index (Phi) is 2.19. The molecule has 0 unspecified atom stereocenters. The topological polar surface area (TPSA) is 0 Å². The fraction of sp³-hybridized carbons (Fsp3) is 0. The molecule has 1 aromatic rings. The van der Waals surface area contributed by atoms with Crippen molar-refractivity contribution in [3.05, 3.63) is 72.8 Å². The van der Waals surface area contributed by atoms with Crippen molar-refractivity contribution in [3.8, 4) is 22.3 Å². The lowest BCUT2D eigenvalue weighted by atomic mass is 10.1. The van der Waals surface area contributed by atoms with E-state index in [1.54, 1.807) is 0 Å². The molecule has 0 fully saturated rings. The molecule has 1 aromatic carbocycles. The van der Waals surface area contributed by atoms with E-state index in [4.69, 9.17) is 0 Å². The van der Waals surface area contributed by atoms with Crippen LogP contribution in [0.25, 0.3) is 22.3 Å². The molecule has 0 saturated carbocycles. The van der Waals surface area contributed by atoms with Crippen LogP contribution in [0.2, 0.25) is 0 Å². The summed E-state index contributed by atoms with van der Waals surface area (Å²) in [6.45, 7) is 0. The largest absolute Gasteiger partial charge is 0.0622 e. The molecule has 0 aromatic heterocycles. The van der Waals surface area contributed by atoms with Crippen molar-refractivity contribution in [2.24, 2.45) is 0 Å². The van der Waals surface area contributed by atoms with Crippen LogP contribution < -0.4 is 0 Å². The van der Waals surface area contributed by atoms with E-state index in [-0.39, 0.29) is 0 Å². The summed E-state index contributed by atoms with van der Waals surface area (Å²) in [4.78, 5) is 0. The standard InChI is InChI=1S/C16H12/c1-3-7-13(8-4-1)16-11-14-9-5-2-6-10-15(14)12-16/h1-12H. The predicted molar refractivity (Wildman–Crippen MR) is 68.5 cm³/mol. The van der Waals surface area contributed by atoms with Crippen LogP contribution in [-0.4, -0.2) is 0 Å². The van der Waals surface area contributed by atoms with Crippen molar-refractivity contribution in [1.82, 2.24) is 0 Å². The van der Waals surface area contributed by atoms with Gasteiger partial charge in [-0.1, -0.05) is 60.7 Å². The molecule has 0 radical (unpaired) electrons. The van der Waals surface area contributed by atoms with Gasteiger partial charge in [-0.15, -0.1) is 0 Å². The first kappa shape index (κ1) is 9.17. The fourth-order valence-corrected chi connectivity index (χ4v) is 2.01. The Hall–Kier alpha value is -2.08. The Labute approximate surface area is 95.5 Å². The molecule has 0 heteroatoms. The van der Waals surface area contributed by atoms with Gasteiger partial charge in [-0.25, -0.2) is 0 Å². The highest BCUT2D eigenvalue weighted by Crippen LogP contribution is 2.31. The Bertz CT molecular complexity index is 536. The van der Waals surface area contributed by atoms with Gasteiger partial charge >= 0.3 is 0 Å². The van der Waals surface area contributed by atoms with Crippen LogP contribution in [-0.2, 0) is 0 Å². The van der Waals surface area contributed by atoms with Gasteiger partial charge in [0.05, 0.1) is 0 Å². The lowest BCUT2D eigenvalue weighted by molar-refractivity contribution is 1.68. The summed E-state index contributed by atoms with van der Waals surface area (Å²) in [5.74, 6) is 0. The van der Waals surface area contributed by atoms with E-state index >= 15 is 0 Å². The van der Waals surface area contributed by atoms with Crippen molar-refractivity contribution >= 4 is 0 Å². The van der Waals surface area contributed by atoms with Gasteiger partial charge in [0, 0.05) is 0 Å². The van der Waals surface area contributed by atoms with E-state index in [9.17, 15) is 0 Å². The minimum absolute atomic E-state index is 1.28. The number of fused-ring (bicyclic) bond motifs is 1. The monoisotopic (exact) mass is 204 g/mol. The maximum Gasteiger partial charge on any atom is -0.0172 e. The molecular formula is C16H12. The average molecular weight is 204 g/mol. The zero-order chi connectivity index (χ0) is 10.8. The SMILES string of the molecule is c1ccc(-c2cc3cccccc-3c2)cc1. The second kappa shape index (κ2) is 3.82. The lowest BCUT2D eigenvalue weighted by Gasteiger charge is -1.94. The number of hydrogen-bond acceptors (Lipinski definition) is 0. The molecule has 0 nitrogen and oxygen atoms in total. The summed E-state index contributed by atoms with van der Waals surface area (Å²) < 4.78 is 0. The van der Waals surface area contributed by atoms with E-state index in [0.29, 0.717) is 0 Å². The third kappa shape index (κ3) is 1.59. The minimum atomic E-state index is 1.28. The molecule has 0 heterocycles. The molecule has 0 bridgehead atoms. The van der Waals surface area contributed by atoms with Crippen LogP contribution in [0.3, 0.4) is 0 Å². The highest BCUT2D eigenvalue weighted by Gasteiger charge is 2.05. The van der Waals surface area contributed by atoms with Crippen molar-refractivity contribution in [2.75, 3.05) is 0 Å².